The fraction of sp³-hybridized carbons (Fsp3) is 0.0909. The van der Waals surface area contributed by atoms with E-state index in [4.69, 9.17) is 14.3 Å². The lowest BCUT2D eigenvalue weighted by Gasteiger charge is -2.04. The summed E-state index contributed by atoms with van der Waals surface area (Å²) >= 11 is 0. The number of carbonyl (C=O) groups is 1. The highest BCUT2D eigenvalue weighted by atomic mass is 16.5. The molecule has 0 spiro atoms. The van der Waals surface area contributed by atoms with E-state index >= 15 is 0 Å². The van der Waals surface area contributed by atoms with Crippen molar-refractivity contribution >= 4 is 5.97 Å². The highest BCUT2D eigenvalue weighted by Crippen LogP contribution is 2.24. The minimum Gasteiger partial charge on any atom is -0.480 e. The molecule has 0 aliphatic carbocycles. The fourth-order valence-electron chi connectivity index (χ4n) is 1.35. The maximum absolute atomic E-state index is 11.0. The summed E-state index contributed by atoms with van der Waals surface area (Å²) in [5, 5.41) is 8.97. The van der Waals surface area contributed by atoms with Gasteiger partial charge in [-0.15, -0.1) is 0 Å². The molecule has 0 amide bonds. The molecule has 82 valence electrons. The van der Waals surface area contributed by atoms with Gasteiger partial charge in [-0.2, -0.15) is 0 Å². The molecular weight excluding hydrogens is 210 g/mol. The number of aromatic carboxylic acids is 1. The second-order valence-electron chi connectivity index (χ2n) is 3.06. The Kier molecular flexibility index (Phi) is 2.59. The van der Waals surface area contributed by atoms with Gasteiger partial charge in [0.25, 0.3) is 0 Å². The van der Waals surface area contributed by atoms with Gasteiger partial charge in [0, 0.05) is 11.8 Å². The Morgan fingerprint density at radius 3 is 2.94 bits per heavy atom. The SMILES string of the molecule is COc1ncc(-c2ccco2)cc1C(=O)O. The lowest BCUT2D eigenvalue weighted by atomic mass is 10.1. The molecule has 0 radical (unpaired) electrons. The van der Waals surface area contributed by atoms with Gasteiger partial charge in [-0.3, -0.25) is 0 Å². The average molecular weight is 219 g/mol. The first-order valence-electron chi connectivity index (χ1n) is 4.53. The normalized spacial score (nSPS) is 10.1. The summed E-state index contributed by atoms with van der Waals surface area (Å²) in [6.07, 6.45) is 3.02. The van der Waals surface area contributed by atoms with E-state index in [-0.39, 0.29) is 11.4 Å². The van der Waals surface area contributed by atoms with Crippen LogP contribution in [0, 0.1) is 0 Å². The summed E-state index contributed by atoms with van der Waals surface area (Å²) < 4.78 is 10.0. The van der Waals surface area contributed by atoms with Crippen molar-refractivity contribution in [2.45, 2.75) is 0 Å². The van der Waals surface area contributed by atoms with E-state index in [2.05, 4.69) is 4.98 Å². The Labute approximate surface area is 91.3 Å². The van der Waals surface area contributed by atoms with Crippen LogP contribution < -0.4 is 4.74 Å². The molecule has 0 atom stereocenters. The van der Waals surface area contributed by atoms with Crippen molar-refractivity contribution in [2.75, 3.05) is 7.11 Å². The molecule has 2 aromatic rings. The minimum absolute atomic E-state index is 0.0106. The van der Waals surface area contributed by atoms with E-state index in [0.717, 1.165) is 0 Å². The number of hydrogen-bond acceptors (Lipinski definition) is 4. The topological polar surface area (TPSA) is 72.6 Å². The third-order valence-corrected chi connectivity index (χ3v) is 2.08. The van der Waals surface area contributed by atoms with Crippen LogP contribution in [0.25, 0.3) is 11.3 Å². The van der Waals surface area contributed by atoms with E-state index < -0.39 is 5.97 Å². The molecule has 16 heavy (non-hydrogen) atoms. The van der Waals surface area contributed by atoms with Crippen LogP contribution in [0.2, 0.25) is 0 Å². The van der Waals surface area contributed by atoms with E-state index in [9.17, 15) is 4.79 Å². The number of carboxylic acid groups (broad SMARTS) is 1. The number of pyridine rings is 1. The molecule has 0 unspecified atom stereocenters. The lowest BCUT2D eigenvalue weighted by Crippen LogP contribution is -2.02. The van der Waals surface area contributed by atoms with Crippen LogP contribution in [-0.2, 0) is 0 Å². The molecule has 2 rings (SSSR count). The molecule has 1 N–H and O–H groups in total. The predicted octanol–water partition coefficient (Wildman–Crippen LogP) is 2.05. The van der Waals surface area contributed by atoms with Gasteiger partial charge in [0.1, 0.15) is 11.3 Å². The van der Waals surface area contributed by atoms with Gasteiger partial charge in [-0.1, -0.05) is 0 Å². The number of ether oxygens (including phenoxy) is 1. The molecule has 2 heterocycles. The van der Waals surface area contributed by atoms with E-state index in [1.165, 1.54) is 25.6 Å². The standard InChI is InChI=1S/C11H9NO4/c1-15-10-8(11(13)14)5-7(6-12-10)9-3-2-4-16-9/h2-6H,1H3,(H,13,14). The Hall–Kier alpha value is -2.30. The summed E-state index contributed by atoms with van der Waals surface area (Å²) in [7, 11) is 1.38. The molecule has 5 heteroatoms. The number of carboxylic acids is 1. The zero-order chi connectivity index (χ0) is 11.5. The van der Waals surface area contributed by atoms with Gasteiger partial charge < -0.3 is 14.3 Å². The Morgan fingerprint density at radius 2 is 2.38 bits per heavy atom. The number of methoxy groups -OCH3 is 1. The second kappa shape index (κ2) is 4.06. The summed E-state index contributed by atoms with van der Waals surface area (Å²) in [6.45, 7) is 0. The van der Waals surface area contributed by atoms with Gasteiger partial charge in [0.2, 0.25) is 5.88 Å². The van der Waals surface area contributed by atoms with Crippen LogP contribution in [0.1, 0.15) is 10.4 Å². The minimum atomic E-state index is -1.09. The molecular formula is C11H9NO4. The Morgan fingerprint density at radius 1 is 1.56 bits per heavy atom. The van der Waals surface area contributed by atoms with Crippen molar-refractivity contribution in [3.8, 4) is 17.2 Å². The third kappa shape index (κ3) is 1.75. The van der Waals surface area contributed by atoms with Crippen LogP contribution in [0.15, 0.2) is 35.1 Å². The summed E-state index contributed by atoms with van der Waals surface area (Å²) in [4.78, 5) is 14.9. The van der Waals surface area contributed by atoms with E-state index in [1.54, 1.807) is 12.1 Å². The molecule has 0 aliphatic rings. The average Bonchev–Trinajstić information content (AvgIpc) is 2.81. The molecule has 0 bridgehead atoms. The van der Waals surface area contributed by atoms with Crippen molar-refractivity contribution in [1.82, 2.24) is 4.98 Å². The zero-order valence-corrected chi connectivity index (χ0v) is 8.51. The molecule has 0 saturated heterocycles. The number of aromatic nitrogens is 1. The third-order valence-electron chi connectivity index (χ3n) is 2.08. The van der Waals surface area contributed by atoms with E-state index in [1.807, 2.05) is 0 Å². The maximum Gasteiger partial charge on any atom is 0.341 e. The second-order valence-corrected chi connectivity index (χ2v) is 3.06. The van der Waals surface area contributed by atoms with Crippen molar-refractivity contribution in [3.63, 3.8) is 0 Å². The fourth-order valence-corrected chi connectivity index (χ4v) is 1.35. The highest BCUT2D eigenvalue weighted by Gasteiger charge is 2.14. The first-order chi connectivity index (χ1) is 7.72. The van der Waals surface area contributed by atoms with Crippen LogP contribution in [0.5, 0.6) is 5.88 Å². The van der Waals surface area contributed by atoms with Crippen LogP contribution in [0.4, 0.5) is 0 Å². The molecule has 0 aromatic carbocycles. The number of furan rings is 1. The van der Waals surface area contributed by atoms with Crippen molar-refractivity contribution in [3.05, 3.63) is 36.2 Å². The van der Waals surface area contributed by atoms with Crippen molar-refractivity contribution in [2.24, 2.45) is 0 Å². The number of nitrogens with zero attached hydrogens (tertiary/aromatic N) is 1. The quantitative estimate of drug-likeness (QED) is 0.855. The van der Waals surface area contributed by atoms with E-state index in [0.29, 0.717) is 11.3 Å². The lowest BCUT2D eigenvalue weighted by molar-refractivity contribution is 0.0692. The predicted molar refractivity (Wildman–Crippen MR) is 55.5 cm³/mol. The number of hydrogen-bond donors (Lipinski definition) is 1. The van der Waals surface area contributed by atoms with Gasteiger partial charge in [0.05, 0.1) is 13.4 Å². The maximum atomic E-state index is 11.0. The molecule has 0 fully saturated rings. The highest BCUT2D eigenvalue weighted by molar-refractivity contribution is 5.91. The van der Waals surface area contributed by atoms with Crippen LogP contribution in [-0.4, -0.2) is 23.2 Å². The summed E-state index contributed by atoms with van der Waals surface area (Å²) in [5.74, 6) is -0.432. The first kappa shape index (κ1) is 10.2. The monoisotopic (exact) mass is 219 g/mol. The molecule has 2 aromatic heterocycles. The van der Waals surface area contributed by atoms with Gasteiger partial charge in [-0.25, -0.2) is 9.78 Å². The van der Waals surface area contributed by atoms with Gasteiger partial charge in [-0.05, 0) is 18.2 Å². The van der Waals surface area contributed by atoms with Crippen LogP contribution >= 0.6 is 0 Å². The van der Waals surface area contributed by atoms with Gasteiger partial charge >= 0.3 is 5.97 Å². The Balaban J connectivity index is 2.51. The Bertz CT molecular complexity index is 505. The smallest absolute Gasteiger partial charge is 0.341 e. The summed E-state index contributed by atoms with van der Waals surface area (Å²) in [6, 6.07) is 4.92. The number of rotatable bonds is 3. The van der Waals surface area contributed by atoms with Crippen molar-refractivity contribution in [1.29, 1.82) is 0 Å². The first-order valence-corrected chi connectivity index (χ1v) is 4.53. The molecule has 0 saturated carbocycles. The zero-order valence-electron chi connectivity index (χ0n) is 8.51. The van der Waals surface area contributed by atoms with Crippen molar-refractivity contribution < 1.29 is 19.1 Å². The van der Waals surface area contributed by atoms with Crippen LogP contribution in [0.3, 0.4) is 0 Å². The largest absolute Gasteiger partial charge is 0.480 e. The summed E-state index contributed by atoms with van der Waals surface area (Å²) in [5.41, 5.74) is 0.611. The molecule has 0 aliphatic heterocycles. The molecule has 5 nitrogen and oxygen atoms in total. The van der Waals surface area contributed by atoms with Gasteiger partial charge in [0.15, 0.2) is 0 Å².